The van der Waals surface area contributed by atoms with E-state index in [9.17, 15) is 0 Å². The lowest BCUT2D eigenvalue weighted by Crippen LogP contribution is -2.46. The highest BCUT2D eigenvalue weighted by atomic mass is 15.0. The molecule has 3 unspecified atom stereocenters. The van der Waals surface area contributed by atoms with Crippen LogP contribution in [0, 0.1) is 5.92 Å². The van der Waals surface area contributed by atoms with Crippen molar-refractivity contribution in [3.8, 4) is 0 Å². The first-order valence-electron chi connectivity index (χ1n) is 11.3. The third kappa shape index (κ3) is 8.68. The van der Waals surface area contributed by atoms with Gasteiger partial charge in [-0.05, 0) is 50.6 Å². The summed E-state index contributed by atoms with van der Waals surface area (Å²) in [4.78, 5) is 0. The number of benzene rings is 1. The number of piperidine rings is 1. The molecule has 1 saturated heterocycles. The first kappa shape index (κ1) is 21.4. The van der Waals surface area contributed by atoms with E-state index in [-0.39, 0.29) is 0 Å². The molecule has 0 saturated carbocycles. The molecule has 0 spiro atoms. The van der Waals surface area contributed by atoms with Gasteiger partial charge in [0.05, 0.1) is 0 Å². The standard InChI is InChI=1S/C24H42N2/c1-3-4-5-6-7-9-14-21(2)26-20-23(24-17-12-13-18-25-24)19-22-15-10-8-11-16-22/h8,10-11,15-16,21,23-26H,3-7,9,12-14,17-20H2,1-2H3. The average Bonchev–Trinajstić information content (AvgIpc) is 2.69. The van der Waals surface area contributed by atoms with Gasteiger partial charge in [0.1, 0.15) is 0 Å². The van der Waals surface area contributed by atoms with Crippen molar-refractivity contribution in [2.75, 3.05) is 13.1 Å². The zero-order chi connectivity index (χ0) is 18.5. The van der Waals surface area contributed by atoms with Gasteiger partial charge in [-0.2, -0.15) is 0 Å². The molecule has 1 aliphatic rings. The van der Waals surface area contributed by atoms with Crippen molar-refractivity contribution in [3.63, 3.8) is 0 Å². The smallest absolute Gasteiger partial charge is 0.0111 e. The Morgan fingerprint density at radius 2 is 1.81 bits per heavy atom. The highest BCUT2D eigenvalue weighted by Gasteiger charge is 2.23. The summed E-state index contributed by atoms with van der Waals surface area (Å²) < 4.78 is 0. The maximum atomic E-state index is 3.86. The van der Waals surface area contributed by atoms with Crippen molar-refractivity contribution in [3.05, 3.63) is 35.9 Å². The Hall–Kier alpha value is -0.860. The van der Waals surface area contributed by atoms with Gasteiger partial charge in [-0.1, -0.05) is 82.2 Å². The van der Waals surface area contributed by atoms with Crippen LogP contribution in [0.2, 0.25) is 0 Å². The molecule has 1 aromatic carbocycles. The number of unbranched alkanes of at least 4 members (excludes halogenated alkanes) is 5. The van der Waals surface area contributed by atoms with E-state index in [0.29, 0.717) is 18.0 Å². The molecule has 1 heterocycles. The lowest BCUT2D eigenvalue weighted by atomic mass is 9.87. The van der Waals surface area contributed by atoms with Crippen LogP contribution in [-0.4, -0.2) is 25.2 Å². The summed E-state index contributed by atoms with van der Waals surface area (Å²) in [6.45, 7) is 7.01. The van der Waals surface area contributed by atoms with Gasteiger partial charge in [0, 0.05) is 18.6 Å². The number of rotatable bonds is 13. The zero-order valence-corrected chi connectivity index (χ0v) is 17.3. The summed E-state index contributed by atoms with van der Waals surface area (Å²) in [6.07, 6.45) is 15.0. The SMILES string of the molecule is CCCCCCCCC(C)NCC(Cc1ccccc1)C1CCCCN1. The van der Waals surface area contributed by atoms with Crippen LogP contribution in [-0.2, 0) is 6.42 Å². The molecule has 0 amide bonds. The summed E-state index contributed by atoms with van der Waals surface area (Å²) in [5.74, 6) is 0.699. The van der Waals surface area contributed by atoms with Gasteiger partial charge in [-0.25, -0.2) is 0 Å². The van der Waals surface area contributed by atoms with Crippen molar-refractivity contribution >= 4 is 0 Å². The average molecular weight is 359 g/mol. The molecule has 2 N–H and O–H groups in total. The van der Waals surface area contributed by atoms with Gasteiger partial charge < -0.3 is 10.6 Å². The van der Waals surface area contributed by atoms with Crippen LogP contribution in [0.5, 0.6) is 0 Å². The lowest BCUT2D eigenvalue weighted by molar-refractivity contribution is 0.275. The summed E-state index contributed by atoms with van der Waals surface area (Å²) in [6, 6.07) is 12.4. The monoisotopic (exact) mass is 358 g/mol. The Morgan fingerprint density at radius 3 is 2.54 bits per heavy atom. The van der Waals surface area contributed by atoms with Crippen LogP contribution in [0.25, 0.3) is 0 Å². The third-order valence-electron chi connectivity index (χ3n) is 5.98. The van der Waals surface area contributed by atoms with Crippen LogP contribution >= 0.6 is 0 Å². The second-order valence-electron chi connectivity index (χ2n) is 8.37. The third-order valence-corrected chi connectivity index (χ3v) is 5.98. The van der Waals surface area contributed by atoms with E-state index in [0.717, 1.165) is 6.54 Å². The molecule has 2 rings (SSSR count). The lowest BCUT2D eigenvalue weighted by Gasteiger charge is -2.32. The minimum Gasteiger partial charge on any atom is -0.314 e. The first-order chi connectivity index (χ1) is 12.8. The molecule has 1 aliphatic heterocycles. The minimum atomic E-state index is 0.642. The maximum Gasteiger partial charge on any atom is 0.0111 e. The van der Waals surface area contributed by atoms with Gasteiger partial charge in [0.2, 0.25) is 0 Å². The summed E-state index contributed by atoms with van der Waals surface area (Å²) in [5.41, 5.74) is 1.48. The molecule has 0 aromatic heterocycles. The topological polar surface area (TPSA) is 24.1 Å². The Labute approximate surface area is 162 Å². The van der Waals surface area contributed by atoms with Gasteiger partial charge in [0.25, 0.3) is 0 Å². The summed E-state index contributed by atoms with van der Waals surface area (Å²) >= 11 is 0. The van der Waals surface area contributed by atoms with Crippen molar-refractivity contribution in [1.82, 2.24) is 10.6 Å². The van der Waals surface area contributed by atoms with E-state index in [1.165, 1.54) is 82.7 Å². The molecular weight excluding hydrogens is 316 g/mol. The van der Waals surface area contributed by atoms with E-state index < -0.39 is 0 Å². The van der Waals surface area contributed by atoms with Crippen LogP contribution in [0.15, 0.2) is 30.3 Å². The largest absolute Gasteiger partial charge is 0.314 e. The maximum absolute atomic E-state index is 3.86. The van der Waals surface area contributed by atoms with Gasteiger partial charge in [-0.3, -0.25) is 0 Å². The fourth-order valence-corrected chi connectivity index (χ4v) is 4.24. The second-order valence-corrected chi connectivity index (χ2v) is 8.37. The van der Waals surface area contributed by atoms with E-state index in [1.54, 1.807) is 0 Å². The summed E-state index contributed by atoms with van der Waals surface area (Å²) in [5, 5.41) is 7.66. The number of hydrogen-bond donors (Lipinski definition) is 2. The predicted octanol–water partition coefficient (Wildman–Crippen LogP) is 5.72. The van der Waals surface area contributed by atoms with Crippen LogP contribution < -0.4 is 10.6 Å². The molecule has 0 aliphatic carbocycles. The fourth-order valence-electron chi connectivity index (χ4n) is 4.24. The Morgan fingerprint density at radius 1 is 1.04 bits per heavy atom. The molecule has 2 heteroatoms. The van der Waals surface area contributed by atoms with Gasteiger partial charge >= 0.3 is 0 Å². The van der Waals surface area contributed by atoms with Crippen molar-refractivity contribution in [2.24, 2.45) is 5.92 Å². The molecule has 1 fully saturated rings. The quantitative estimate of drug-likeness (QED) is 0.441. The molecule has 3 atom stereocenters. The van der Waals surface area contributed by atoms with E-state index in [4.69, 9.17) is 0 Å². The Bertz CT molecular complexity index is 439. The molecule has 1 aromatic rings. The van der Waals surface area contributed by atoms with Crippen LogP contribution in [0.3, 0.4) is 0 Å². The van der Waals surface area contributed by atoms with E-state index in [1.807, 2.05) is 0 Å². The number of nitrogens with one attached hydrogen (secondary N) is 2. The van der Waals surface area contributed by atoms with Gasteiger partial charge in [-0.15, -0.1) is 0 Å². The van der Waals surface area contributed by atoms with E-state index in [2.05, 4.69) is 54.8 Å². The summed E-state index contributed by atoms with van der Waals surface area (Å²) in [7, 11) is 0. The minimum absolute atomic E-state index is 0.642. The molecule has 148 valence electrons. The van der Waals surface area contributed by atoms with Gasteiger partial charge in [0.15, 0.2) is 0 Å². The van der Waals surface area contributed by atoms with Crippen molar-refractivity contribution in [1.29, 1.82) is 0 Å². The Kier molecular flexibility index (Phi) is 11.0. The molecular formula is C24H42N2. The fraction of sp³-hybridized carbons (Fsp3) is 0.750. The van der Waals surface area contributed by atoms with Crippen LogP contribution in [0.1, 0.15) is 83.6 Å². The predicted molar refractivity (Wildman–Crippen MR) is 115 cm³/mol. The highest BCUT2D eigenvalue weighted by molar-refractivity contribution is 5.15. The zero-order valence-electron chi connectivity index (χ0n) is 17.3. The highest BCUT2D eigenvalue weighted by Crippen LogP contribution is 2.20. The molecule has 2 nitrogen and oxygen atoms in total. The van der Waals surface area contributed by atoms with Crippen molar-refractivity contribution in [2.45, 2.75) is 96.6 Å². The first-order valence-corrected chi connectivity index (χ1v) is 11.3. The molecule has 26 heavy (non-hydrogen) atoms. The Balaban J connectivity index is 1.73. The van der Waals surface area contributed by atoms with E-state index >= 15 is 0 Å². The second kappa shape index (κ2) is 13.3. The molecule has 0 radical (unpaired) electrons. The van der Waals surface area contributed by atoms with Crippen LogP contribution in [0.4, 0.5) is 0 Å². The normalized spacial score (nSPS) is 20.0. The van der Waals surface area contributed by atoms with Crippen molar-refractivity contribution < 1.29 is 0 Å². The number of hydrogen-bond acceptors (Lipinski definition) is 2. The molecule has 0 bridgehead atoms.